The Morgan fingerprint density at radius 2 is 1.69 bits per heavy atom. The van der Waals surface area contributed by atoms with Gasteiger partial charge in [0.25, 0.3) is 5.56 Å². The van der Waals surface area contributed by atoms with Crippen molar-refractivity contribution in [2.45, 2.75) is 40.3 Å². The van der Waals surface area contributed by atoms with Crippen LogP contribution in [-0.4, -0.2) is 18.7 Å². The molecule has 0 fully saturated rings. The van der Waals surface area contributed by atoms with Crippen LogP contribution in [-0.2, 0) is 6.54 Å². The Balaban J connectivity index is 2.01. The highest BCUT2D eigenvalue weighted by Gasteiger charge is 2.20. The van der Waals surface area contributed by atoms with Crippen LogP contribution in [0.3, 0.4) is 0 Å². The maximum absolute atomic E-state index is 13.3. The molecule has 0 radical (unpaired) electrons. The Bertz CT molecular complexity index is 1310. The van der Waals surface area contributed by atoms with Crippen molar-refractivity contribution in [3.05, 3.63) is 92.4 Å². The molecule has 2 aromatic carbocycles. The van der Waals surface area contributed by atoms with Crippen LogP contribution in [0.5, 0.6) is 0 Å². The fourth-order valence-electron chi connectivity index (χ4n) is 3.66. The van der Waals surface area contributed by atoms with Gasteiger partial charge in [0.05, 0.1) is 12.0 Å². The molecule has 148 valence electrons. The maximum atomic E-state index is 13.3. The number of imidazole rings is 1. The van der Waals surface area contributed by atoms with Crippen LogP contribution in [0, 0.1) is 13.8 Å². The molecule has 0 saturated heterocycles. The Kier molecular flexibility index (Phi) is 4.70. The molecule has 0 aliphatic carbocycles. The van der Waals surface area contributed by atoms with E-state index in [2.05, 4.69) is 11.1 Å². The molecular weight excluding hydrogens is 364 g/mol. The summed E-state index contributed by atoms with van der Waals surface area (Å²) in [5, 5.41) is 0. The zero-order chi connectivity index (χ0) is 20.7. The molecule has 6 heteroatoms. The zero-order valence-corrected chi connectivity index (χ0v) is 17.1. The highest BCUT2D eigenvalue weighted by atomic mass is 16.2. The average Bonchev–Trinajstić information content (AvgIpc) is 3.06. The highest BCUT2D eigenvalue weighted by Crippen LogP contribution is 2.16. The monoisotopic (exact) mass is 388 g/mol. The fourth-order valence-corrected chi connectivity index (χ4v) is 3.66. The van der Waals surface area contributed by atoms with Gasteiger partial charge in [-0.25, -0.2) is 14.3 Å². The van der Waals surface area contributed by atoms with Gasteiger partial charge in [0.2, 0.25) is 0 Å². The van der Waals surface area contributed by atoms with Crippen molar-refractivity contribution in [1.29, 1.82) is 0 Å². The smallest absolute Gasteiger partial charge is 0.320 e. The molecule has 2 heterocycles. The second-order valence-corrected chi connectivity index (χ2v) is 7.76. The normalized spacial score (nSPS) is 11.5. The van der Waals surface area contributed by atoms with E-state index in [4.69, 9.17) is 0 Å². The van der Waals surface area contributed by atoms with Crippen molar-refractivity contribution in [3.63, 3.8) is 0 Å². The second kappa shape index (κ2) is 7.20. The summed E-state index contributed by atoms with van der Waals surface area (Å²) in [5.41, 5.74) is 4.15. The molecule has 0 saturated carbocycles. The van der Waals surface area contributed by atoms with E-state index in [9.17, 15) is 9.59 Å². The number of rotatable bonds is 4. The van der Waals surface area contributed by atoms with Gasteiger partial charge in [-0.05, 0) is 45.4 Å². The zero-order valence-electron chi connectivity index (χ0n) is 17.1. The summed E-state index contributed by atoms with van der Waals surface area (Å²) in [6.07, 6.45) is 1.64. The third kappa shape index (κ3) is 3.31. The van der Waals surface area contributed by atoms with Gasteiger partial charge in [-0.2, -0.15) is 0 Å². The summed E-state index contributed by atoms with van der Waals surface area (Å²) < 4.78 is 4.66. The van der Waals surface area contributed by atoms with Crippen molar-refractivity contribution in [1.82, 2.24) is 18.7 Å². The van der Waals surface area contributed by atoms with Crippen LogP contribution >= 0.6 is 0 Å². The summed E-state index contributed by atoms with van der Waals surface area (Å²) in [6.45, 7) is 8.23. The third-order valence-electron chi connectivity index (χ3n) is 5.09. The second-order valence-electron chi connectivity index (χ2n) is 7.76. The molecule has 0 spiro atoms. The summed E-state index contributed by atoms with van der Waals surface area (Å²) >= 11 is 0. The number of hydrogen-bond donors (Lipinski definition) is 0. The SMILES string of the molecule is Cc1ccc(-n2c(=O)n(C(C)C)c(=O)c3c2ncn3Cc2cccc(C)c2)cc1. The van der Waals surface area contributed by atoms with Gasteiger partial charge < -0.3 is 4.57 Å². The minimum Gasteiger partial charge on any atom is -0.320 e. The number of benzene rings is 2. The van der Waals surface area contributed by atoms with E-state index in [1.165, 1.54) is 9.13 Å². The fraction of sp³-hybridized carbons (Fsp3) is 0.261. The van der Waals surface area contributed by atoms with Crippen molar-refractivity contribution < 1.29 is 0 Å². The predicted octanol–water partition coefficient (Wildman–Crippen LogP) is 3.59. The van der Waals surface area contributed by atoms with E-state index in [0.717, 1.165) is 16.7 Å². The van der Waals surface area contributed by atoms with Gasteiger partial charge in [-0.1, -0.05) is 47.5 Å². The number of hydrogen-bond acceptors (Lipinski definition) is 3. The maximum Gasteiger partial charge on any atom is 0.337 e. The number of nitrogens with zero attached hydrogens (tertiary/aromatic N) is 4. The van der Waals surface area contributed by atoms with Gasteiger partial charge in [0.15, 0.2) is 11.2 Å². The lowest BCUT2D eigenvalue weighted by Crippen LogP contribution is -2.41. The lowest BCUT2D eigenvalue weighted by Gasteiger charge is -2.15. The molecule has 0 N–H and O–H groups in total. The van der Waals surface area contributed by atoms with E-state index in [1.807, 2.05) is 74.7 Å². The first-order valence-electron chi connectivity index (χ1n) is 9.72. The molecule has 0 aliphatic rings. The van der Waals surface area contributed by atoms with Crippen molar-refractivity contribution in [2.24, 2.45) is 0 Å². The summed E-state index contributed by atoms with van der Waals surface area (Å²) in [6, 6.07) is 15.5. The van der Waals surface area contributed by atoms with E-state index in [0.29, 0.717) is 23.4 Å². The third-order valence-corrected chi connectivity index (χ3v) is 5.09. The number of fused-ring (bicyclic) bond motifs is 1. The molecule has 6 nitrogen and oxygen atoms in total. The summed E-state index contributed by atoms with van der Waals surface area (Å²) in [7, 11) is 0. The van der Waals surface area contributed by atoms with E-state index in [1.54, 1.807) is 6.33 Å². The van der Waals surface area contributed by atoms with E-state index < -0.39 is 0 Å². The molecular formula is C23H24N4O2. The lowest BCUT2D eigenvalue weighted by atomic mass is 10.1. The lowest BCUT2D eigenvalue weighted by molar-refractivity contribution is 0.539. The first kappa shape index (κ1) is 18.9. The summed E-state index contributed by atoms with van der Waals surface area (Å²) in [4.78, 5) is 30.9. The van der Waals surface area contributed by atoms with Crippen molar-refractivity contribution >= 4 is 11.2 Å². The number of aromatic nitrogens is 4. The Hall–Kier alpha value is -3.41. The van der Waals surface area contributed by atoms with E-state index in [-0.39, 0.29) is 17.3 Å². The Morgan fingerprint density at radius 1 is 0.966 bits per heavy atom. The predicted molar refractivity (Wildman–Crippen MR) is 115 cm³/mol. The van der Waals surface area contributed by atoms with Crippen molar-refractivity contribution in [3.8, 4) is 5.69 Å². The Morgan fingerprint density at radius 3 is 2.34 bits per heavy atom. The van der Waals surface area contributed by atoms with Crippen LogP contribution in [0.15, 0.2) is 64.4 Å². The molecule has 0 amide bonds. The molecule has 0 bridgehead atoms. The van der Waals surface area contributed by atoms with Gasteiger partial charge in [-0.15, -0.1) is 0 Å². The Labute approximate surface area is 168 Å². The van der Waals surface area contributed by atoms with E-state index >= 15 is 0 Å². The minimum absolute atomic E-state index is 0.265. The highest BCUT2D eigenvalue weighted by molar-refractivity contribution is 5.72. The van der Waals surface area contributed by atoms with Crippen LogP contribution < -0.4 is 11.2 Å². The number of aryl methyl sites for hydroxylation is 2. The molecule has 29 heavy (non-hydrogen) atoms. The average molecular weight is 388 g/mol. The van der Waals surface area contributed by atoms with Crippen molar-refractivity contribution in [2.75, 3.05) is 0 Å². The van der Waals surface area contributed by atoms with Gasteiger partial charge in [-0.3, -0.25) is 9.36 Å². The first-order chi connectivity index (χ1) is 13.9. The van der Waals surface area contributed by atoms with Crippen LogP contribution in [0.2, 0.25) is 0 Å². The van der Waals surface area contributed by atoms with Gasteiger partial charge in [0.1, 0.15) is 0 Å². The van der Waals surface area contributed by atoms with Gasteiger partial charge in [0, 0.05) is 12.6 Å². The molecule has 4 aromatic rings. The quantitative estimate of drug-likeness (QED) is 0.537. The molecule has 4 rings (SSSR count). The molecule has 0 atom stereocenters. The molecule has 0 aliphatic heterocycles. The van der Waals surface area contributed by atoms with Crippen LogP contribution in [0.1, 0.15) is 36.6 Å². The molecule has 0 unspecified atom stereocenters. The van der Waals surface area contributed by atoms with Crippen LogP contribution in [0.25, 0.3) is 16.9 Å². The minimum atomic E-state index is -0.373. The molecule has 2 aromatic heterocycles. The standard InChI is InChI=1S/C23H24N4O2/c1-15(2)26-22(28)20-21(27(23(26)29)19-10-8-16(3)9-11-19)24-14-25(20)13-18-7-5-6-17(4)12-18/h5-12,14-15H,13H2,1-4H3. The topological polar surface area (TPSA) is 61.8 Å². The van der Waals surface area contributed by atoms with Crippen LogP contribution in [0.4, 0.5) is 0 Å². The first-order valence-corrected chi connectivity index (χ1v) is 9.72. The largest absolute Gasteiger partial charge is 0.337 e. The van der Waals surface area contributed by atoms with Gasteiger partial charge >= 0.3 is 5.69 Å². The summed E-state index contributed by atoms with van der Waals surface area (Å²) in [5.74, 6) is 0.